The van der Waals surface area contributed by atoms with Crippen LogP contribution in [0.25, 0.3) is 0 Å². The molecule has 2 rings (SSSR count). The second-order valence-electron chi connectivity index (χ2n) is 5.88. The lowest BCUT2D eigenvalue weighted by molar-refractivity contribution is -0.150. The van der Waals surface area contributed by atoms with Crippen molar-refractivity contribution < 1.29 is 14.3 Å². The van der Waals surface area contributed by atoms with E-state index in [-0.39, 0.29) is 30.4 Å². The third kappa shape index (κ3) is 4.86. The summed E-state index contributed by atoms with van der Waals surface area (Å²) in [5.41, 5.74) is 0.933. The van der Waals surface area contributed by atoms with Gasteiger partial charge < -0.3 is 10.1 Å². The van der Waals surface area contributed by atoms with Gasteiger partial charge in [-0.1, -0.05) is 56.5 Å². The summed E-state index contributed by atoms with van der Waals surface area (Å²) in [5.74, 6) is -0.820. The summed E-state index contributed by atoms with van der Waals surface area (Å²) in [6, 6.07) is 9.80. The molecule has 22 heavy (non-hydrogen) atoms. The summed E-state index contributed by atoms with van der Waals surface area (Å²) in [5, 5.41) is 2.95. The predicted octanol–water partition coefficient (Wildman–Crippen LogP) is 3.17. The maximum absolute atomic E-state index is 12.2. The van der Waals surface area contributed by atoms with Crippen LogP contribution in [-0.2, 0) is 14.3 Å². The normalized spacial score (nSPS) is 16.8. The molecule has 1 saturated carbocycles. The first kappa shape index (κ1) is 16.5. The molecule has 1 aromatic carbocycles. The standard InChI is InChI=1S/C18H25NO3/c1-2-16(14-9-5-3-6-10-14)18(21)22-13-17(20)19-15-11-7-4-8-12-15/h3,5-6,9-10,15-16H,2,4,7-8,11-13H2,1H3,(H,19,20)/t16-/m1/s1. The second-order valence-corrected chi connectivity index (χ2v) is 5.88. The molecule has 1 aromatic rings. The topological polar surface area (TPSA) is 55.4 Å². The molecular formula is C18H25NO3. The van der Waals surface area contributed by atoms with Crippen molar-refractivity contribution in [1.82, 2.24) is 5.32 Å². The number of carbonyl (C=O) groups excluding carboxylic acids is 2. The quantitative estimate of drug-likeness (QED) is 0.821. The van der Waals surface area contributed by atoms with Crippen LogP contribution in [0.4, 0.5) is 0 Å². The Kier molecular flexibility index (Phi) is 6.44. The van der Waals surface area contributed by atoms with Gasteiger partial charge in [-0.3, -0.25) is 9.59 Å². The minimum absolute atomic E-state index is 0.182. The molecule has 1 fully saturated rings. The molecule has 0 heterocycles. The molecule has 1 N–H and O–H groups in total. The number of carbonyl (C=O) groups is 2. The summed E-state index contributed by atoms with van der Waals surface area (Å²) in [6.07, 6.45) is 6.29. The molecule has 4 nitrogen and oxygen atoms in total. The van der Waals surface area contributed by atoms with Gasteiger partial charge in [-0.15, -0.1) is 0 Å². The number of amides is 1. The molecule has 1 amide bonds. The van der Waals surface area contributed by atoms with Gasteiger partial charge in [0.25, 0.3) is 5.91 Å². The van der Waals surface area contributed by atoms with Crippen molar-refractivity contribution in [2.75, 3.05) is 6.61 Å². The molecular weight excluding hydrogens is 278 g/mol. The van der Waals surface area contributed by atoms with Crippen LogP contribution < -0.4 is 5.32 Å². The van der Waals surface area contributed by atoms with Crippen molar-refractivity contribution in [3.8, 4) is 0 Å². The Bertz CT molecular complexity index is 480. The molecule has 0 radical (unpaired) electrons. The number of esters is 1. The van der Waals surface area contributed by atoms with Gasteiger partial charge in [0.05, 0.1) is 5.92 Å². The molecule has 0 aliphatic heterocycles. The van der Waals surface area contributed by atoms with Gasteiger partial charge in [0, 0.05) is 6.04 Å². The average Bonchev–Trinajstić information content (AvgIpc) is 2.55. The largest absolute Gasteiger partial charge is 0.455 e. The number of hydrogen-bond acceptors (Lipinski definition) is 3. The summed E-state index contributed by atoms with van der Waals surface area (Å²) in [4.78, 5) is 24.0. The first-order valence-corrected chi connectivity index (χ1v) is 8.21. The van der Waals surface area contributed by atoms with Crippen LogP contribution in [0.3, 0.4) is 0 Å². The maximum Gasteiger partial charge on any atom is 0.313 e. The SMILES string of the molecule is CC[C@@H](C(=O)OCC(=O)NC1CCCCC1)c1ccccc1. The fourth-order valence-corrected chi connectivity index (χ4v) is 2.98. The van der Waals surface area contributed by atoms with Crippen molar-refractivity contribution in [2.45, 2.75) is 57.4 Å². The zero-order valence-corrected chi connectivity index (χ0v) is 13.2. The molecule has 0 saturated heterocycles. The van der Waals surface area contributed by atoms with Gasteiger partial charge in [0.15, 0.2) is 6.61 Å². The monoisotopic (exact) mass is 303 g/mol. The van der Waals surface area contributed by atoms with Gasteiger partial charge in [-0.2, -0.15) is 0 Å². The zero-order valence-electron chi connectivity index (χ0n) is 13.2. The van der Waals surface area contributed by atoms with E-state index in [0.717, 1.165) is 31.2 Å². The van der Waals surface area contributed by atoms with Gasteiger partial charge >= 0.3 is 5.97 Å². The Morgan fingerprint density at radius 2 is 1.86 bits per heavy atom. The second kappa shape index (κ2) is 8.57. The van der Waals surface area contributed by atoms with E-state index in [4.69, 9.17) is 4.74 Å². The number of nitrogens with one attached hydrogen (secondary N) is 1. The van der Waals surface area contributed by atoms with E-state index in [9.17, 15) is 9.59 Å². The van der Waals surface area contributed by atoms with Crippen LogP contribution in [-0.4, -0.2) is 24.5 Å². The van der Waals surface area contributed by atoms with Crippen LogP contribution in [0.2, 0.25) is 0 Å². The van der Waals surface area contributed by atoms with Gasteiger partial charge in [0.1, 0.15) is 0 Å². The van der Waals surface area contributed by atoms with E-state index in [0.29, 0.717) is 6.42 Å². The first-order chi connectivity index (χ1) is 10.7. The van der Waals surface area contributed by atoms with E-state index < -0.39 is 0 Å². The van der Waals surface area contributed by atoms with Crippen molar-refractivity contribution in [1.29, 1.82) is 0 Å². The molecule has 0 bridgehead atoms. The smallest absolute Gasteiger partial charge is 0.313 e. The average molecular weight is 303 g/mol. The van der Waals surface area contributed by atoms with E-state index in [1.165, 1.54) is 6.42 Å². The lowest BCUT2D eigenvalue weighted by atomic mass is 9.95. The lowest BCUT2D eigenvalue weighted by Gasteiger charge is -2.22. The molecule has 1 atom stereocenters. The van der Waals surface area contributed by atoms with Crippen LogP contribution in [0, 0.1) is 0 Å². The highest BCUT2D eigenvalue weighted by atomic mass is 16.5. The third-order valence-electron chi connectivity index (χ3n) is 4.21. The Morgan fingerprint density at radius 1 is 1.18 bits per heavy atom. The molecule has 4 heteroatoms. The minimum Gasteiger partial charge on any atom is -0.455 e. The van der Waals surface area contributed by atoms with Crippen molar-refractivity contribution in [2.24, 2.45) is 0 Å². The summed E-state index contributed by atoms with van der Waals surface area (Å²) in [6.45, 7) is 1.76. The highest BCUT2D eigenvalue weighted by Crippen LogP contribution is 2.21. The summed E-state index contributed by atoms with van der Waals surface area (Å²) >= 11 is 0. The number of hydrogen-bond donors (Lipinski definition) is 1. The van der Waals surface area contributed by atoms with Crippen LogP contribution in [0.5, 0.6) is 0 Å². The molecule has 1 aliphatic rings. The van der Waals surface area contributed by atoms with Crippen LogP contribution >= 0.6 is 0 Å². The van der Waals surface area contributed by atoms with E-state index in [1.807, 2.05) is 37.3 Å². The lowest BCUT2D eigenvalue weighted by Crippen LogP contribution is -2.39. The molecule has 120 valence electrons. The van der Waals surface area contributed by atoms with Crippen molar-refractivity contribution in [3.63, 3.8) is 0 Å². The van der Waals surface area contributed by atoms with E-state index in [1.54, 1.807) is 0 Å². The number of ether oxygens (including phenoxy) is 1. The maximum atomic E-state index is 12.2. The fourth-order valence-electron chi connectivity index (χ4n) is 2.98. The first-order valence-electron chi connectivity index (χ1n) is 8.21. The Labute approximate surface area is 132 Å². The highest BCUT2D eigenvalue weighted by Gasteiger charge is 2.22. The number of benzene rings is 1. The Hall–Kier alpha value is -1.84. The van der Waals surface area contributed by atoms with Crippen LogP contribution in [0.15, 0.2) is 30.3 Å². The Morgan fingerprint density at radius 3 is 2.50 bits per heavy atom. The van der Waals surface area contributed by atoms with E-state index >= 15 is 0 Å². The molecule has 1 aliphatic carbocycles. The van der Waals surface area contributed by atoms with Crippen LogP contribution in [0.1, 0.15) is 56.9 Å². The fraction of sp³-hybridized carbons (Fsp3) is 0.556. The minimum atomic E-state index is -0.326. The summed E-state index contributed by atoms with van der Waals surface area (Å²) < 4.78 is 5.20. The van der Waals surface area contributed by atoms with Gasteiger partial charge in [0.2, 0.25) is 0 Å². The van der Waals surface area contributed by atoms with Gasteiger partial charge in [-0.25, -0.2) is 0 Å². The van der Waals surface area contributed by atoms with Crippen molar-refractivity contribution >= 4 is 11.9 Å². The number of rotatable bonds is 6. The highest BCUT2D eigenvalue weighted by molar-refractivity contribution is 5.83. The molecule has 0 unspecified atom stereocenters. The zero-order chi connectivity index (χ0) is 15.8. The summed E-state index contributed by atoms with van der Waals surface area (Å²) in [7, 11) is 0. The molecule has 0 spiro atoms. The third-order valence-corrected chi connectivity index (χ3v) is 4.21. The predicted molar refractivity (Wildman–Crippen MR) is 85.4 cm³/mol. The van der Waals surface area contributed by atoms with E-state index in [2.05, 4.69) is 5.32 Å². The Balaban J connectivity index is 1.79. The molecule has 0 aromatic heterocycles. The van der Waals surface area contributed by atoms with Gasteiger partial charge in [-0.05, 0) is 24.8 Å². The van der Waals surface area contributed by atoms with Crippen molar-refractivity contribution in [3.05, 3.63) is 35.9 Å².